The topological polar surface area (TPSA) is 0 Å². The highest BCUT2D eigenvalue weighted by Gasteiger charge is 2.10. The summed E-state index contributed by atoms with van der Waals surface area (Å²) in [5.74, 6) is 1.88. The van der Waals surface area contributed by atoms with E-state index in [1.54, 1.807) is 0 Å². The van der Waals surface area contributed by atoms with E-state index in [1.807, 2.05) is 0 Å². The first-order valence-corrected chi connectivity index (χ1v) is 6.72. The second kappa shape index (κ2) is 9.55. The van der Waals surface area contributed by atoms with Gasteiger partial charge in [0.2, 0.25) is 0 Å². The predicted octanol–water partition coefficient (Wildman–Crippen LogP) is 5.42. The summed E-state index contributed by atoms with van der Waals surface area (Å²) in [7, 11) is 0. The standard InChI is InChI=1S/C14H30/c1-5-7-8-9-10-12-14(4)13(3)11-6-2/h13-14H,5-12H2,1-4H3. The summed E-state index contributed by atoms with van der Waals surface area (Å²) in [6.45, 7) is 9.43. The maximum atomic E-state index is 2.43. The Bertz CT molecular complexity index is 107. The first-order chi connectivity index (χ1) is 6.72. The van der Waals surface area contributed by atoms with Gasteiger partial charge in [-0.1, -0.05) is 79.1 Å². The predicted molar refractivity (Wildman–Crippen MR) is 66.6 cm³/mol. The van der Waals surface area contributed by atoms with Crippen molar-refractivity contribution in [3.05, 3.63) is 0 Å². The Balaban J connectivity index is 3.29. The van der Waals surface area contributed by atoms with Crippen molar-refractivity contribution in [1.82, 2.24) is 0 Å². The van der Waals surface area contributed by atoms with Crippen LogP contribution in [-0.4, -0.2) is 0 Å². The SMILES string of the molecule is CCCCCCCC(C)C(C)CCC. The molecule has 0 amide bonds. The Kier molecular flexibility index (Phi) is 9.55. The van der Waals surface area contributed by atoms with Crippen molar-refractivity contribution >= 4 is 0 Å². The van der Waals surface area contributed by atoms with E-state index in [9.17, 15) is 0 Å². The lowest BCUT2D eigenvalue weighted by Crippen LogP contribution is -2.07. The summed E-state index contributed by atoms with van der Waals surface area (Å²) in [4.78, 5) is 0. The molecule has 0 rings (SSSR count). The molecule has 0 aromatic heterocycles. The molecule has 2 unspecified atom stereocenters. The van der Waals surface area contributed by atoms with E-state index < -0.39 is 0 Å². The van der Waals surface area contributed by atoms with Gasteiger partial charge in [-0.2, -0.15) is 0 Å². The second-order valence-electron chi connectivity index (χ2n) is 4.95. The average Bonchev–Trinajstić information content (AvgIpc) is 2.17. The zero-order valence-electron chi connectivity index (χ0n) is 10.8. The third-order valence-electron chi connectivity index (χ3n) is 3.48. The number of hydrogen-bond donors (Lipinski definition) is 0. The summed E-state index contributed by atoms with van der Waals surface area (Å²) in [6, 6.07) is 0. The van der Waals surface area contributed by atoms with E-state index in [2.05, 4.69) is 27.7 Å². The first-order valence-electron chi connectivity index (χ1n) is 6.72. The summed E-state index contributed by atoms with van der Waals surface area (Å²) in [5.41, 5.74) is 0. The van der Waals surface area contributed by atoms with E-state index in [4.69, 9.17) is 0 Å². The third-order valence-corrected chi connectivity index (χ3v) is 3.48. The molecule has 0 aliphatic carbocycles. The minimum Gasteiger partial charge on any atom is -0.0654 e. The Morgan fingerprint density at radius 2 is 1.21 bits per heavy atom. The average molecular weight is 198 g/mol. The minimum atomic E-state index is 0.936. The highest BCUT2D eigenvalue weighted by Crippen LogP contribution is 2.22. The Morgan fingerprint density at radius 1 is 0.643 bits per heavy atom. The fourth-order valence-corrected chi connectivity index (χ4v) is 2.09. The van der Waals surface area contributed by atoms with Gasteiger partial charge in [0.15, 0.2) is 0 Å². The highest BCUT2D eigenvalue weighted by molar-refractivity contribution is 4.61. The molecule has 0 bridgehead atoms. The van der Waals surface area contributed by atoms with Crippen LogP contribution in [0.4, 0.5) is 0 Å². The van der Waals surface area contributed by atoms with Crippen molar-refractivity contribution in [3.8, 4) is 0 Å². The highest BCUT2D eigenvalue weighted by atomic mass is 14.2. The number of hydrogen-bond acceptors (Lipinski definition) is 0. The Morgan fingerprint density at radius 3 is 1.79 bits per heavy atom. The van der Waals surface area contributed by atoms with Gasteiger partial charge in [0.05, 0.1) is 0 Å². The van der Waals surface area contributed by atoms with E-state index in [1.165, 1.54) is 51.4 Å². The Hall–Kier alpha value is 0. The summed E-state index contributed by atoms with van der Waals surface area (Å²) >= 11 is 0. The van der Waals surface area contributed by atoms with Gasteiger partial charge in [-0.15, -0.1) is 0 Å². The molecule has 0 nitrogen and oxygen atoms in total. The van der Waals surface area contributed by atoms with Gasteiger partial charge in [0.1, 0.15) is 0 Å². The summed E-state index contributed by atoms with van der Waals surface area (Å²) in [6.07, 6.45) is 11.4. The van der Waals surface area contributed by atoms with Crippen LogP contribution in [0.15, 0.2) is 0 Å². The van der Waals surface area contributed by atoms with Gasteiger partial charge in [-0.05, 0) is 11.8 Å². The molecule has 14 heavy (non-hydrogen) atoms. The fourth-order valence-electron chi connectivity index (χ4n) is 2.09. The van der Waals surface area contributed by atoms with Crippen LogP contribution < -0.4 is 0 Å². The van der Waals surface area contributed by atoms with Crippen LogP contribution in [0.2, 0.25) is 0 Å². The molecule has 0 fully saturated rings. The third kappa shape index (κ3) is 7.41. The van der Waals surface area contributed by atoms with Crippen molar-refractivity contribution < 1.29 is 0 Å². The molecule has 0 spiro atoms. The van der Waals surface area contributed by atoms with Crippen LogP contribution in [0.5, 0.6) is 0 Å². The maximum Gasteiger partial charge on any atom is -0.0417 e. The van der Waals surface area contributed by atoms with Crippen LogP contribution >= 0.6 is 0 Å². The molecule has 0 heteroatoms. The lowest BCUT2D eigenvalue weighted by atomic mass is 9.87. The molecular formula is C14H30. The molecule has 0 heterocycles. The van der Waals surface area contributed by atoms with Gasteiger partial charge in [0.25, 0.3) is 0 Å². The second-order valence-corrected chi connectivity index (χ2v) is 4.95. The molecule has 2 atom stereocenters. The van der Waals surface area contributed by atoms with Crippen LogP contribution in [0.1, 0.15) is 79.1 Å². The van der Waals surface area contributed by atoms with Gasteiger partial charge in [-0.25, -0.2) is 0 Å². The van der Waals surface area contributed by atoms with Gasteiger partial charge >= 0.3 is 0 Å². The quantitative estimate of drug-likeness (QED) is 0.434. The molecule has 0 radical (unpaired) electrons. The van der Waals surface area contributed by atoms with Gasteiger partial charge in [0, 0.05) is 0 Å². The molecule has 86 valence electrons. The van der Waals surface area contributed by atoms with E-state index in [0.29, 0.717) is 0 Å². The van der Waals surface area contributed by atoms with E-state index in [-0.39, 0.29) is 0 Å². The van der Waals surface area contributed by atoms with Crippen molar-refractivity contribution in [2.45, 2.75) is 79.1 Å². The van der Waals surface area contributed by atoms with Crippen molar-refractivity contribution in [2.75, 3.05) is 0 Å². The molecule has 0 aromatic carbocycles. The van der Waals surface area contributed by atoms with Crippen LogP contribution in [-0.2, 0) is 0 Å². The summed E-state index contributed by atoms with van der Waals surface area (Å²) in [5, 5.41) is 0. The van der Waals surface area contributed by atoms with Gasteiger partial charge in [-0.3, -0.25) is 0 Å². The molecule has 0 saturated heterocycles. The van der Waals surface area contributed by atoms with Gasteiger partial charge < -0.3 is 0 Å². The van der Waals surface area contributed by atoms with E-state index >= 15 is 0 Å². The summed E-state index contributed by atoms with van der Waals surface area (Å²) < 4.78 is 0. The molecule has 0 aromatic rings. The van der Waals surface area contributed by atoms with Crippen LogP contribution in [0.25, 0.3) is 0 Å². The zero-order chi connectivity index (χ0) is 10.8. The van der Waals surface area contributed by atoms with Crippen molar-refractivity contribution in [1.29, 1.82) is 0 Å². The monoisotopic (exact) mass is 198 g/mol. The maximum absolute atomic E-state index is 2.43. The molecular weight excluding hydrogens is 168 g/mol. The normalized spacial score (nSPS) is 15.4. The van der Waals surface area contributed by atoms with E-state index in [0.717, 1.165) is 11.8 Å². The molecule has 0 saturated carbocycles. The zero-order valence-corrected chi connectivity index (χ0v) is 10.8. The number of unbranched alkanes of at least 4 members (excludes halogenated alkanes) is 4. The van der Waals surface area contributed by atoms with Crippen LogP contribution in [0, 0.1) is 11.8 Å². The first kappa shape index (κ1) is 14.0. The largest absolute Gasteiger partial charge is 0.0654 e. The fraction of sp³-hybridized carbons (Fsp3) is 1.00. The Labute approximate surface area is 91.5 Å². The van der Waals surface area contributed by atoms with Crippen molar-refractivity contribution in [2.24, 2.45) is 11.8 Å². The van der Waals surface area contributed by atoms with Crippen LogP contribution in [0.3, 0.4) is 0 Å². The molecule has 0 N–H and O–H groups in total. The lowest BCUT2D eigenvalue weighted by molar-refractivity contribution is 0.330. The minimum absolute atomic E-state index is 0.936. The smallest absolute Gasteiger partial charge is 0.0417 e. The lowest BCUT2D eigenvalue weighted by Gasteiger charge is -2.18. The molecule has 0 aliphatic rings. The number of rotatable bonds is 9. The molecule has 0 aliphatic heterocycles. The van der Waals surface area contributed by atoms with Crippen molar-refractivity contribution in [3.63, 3.8) is 0 Å².